The summed E-state index contributed by atoms with van der Waals surface area (Å²) in [5.41, 5.74) is 1.22. The smallest absolute Gasteiger partial charge is 0.134 e. The van der Waals surface area contributed by atoms with Crippen LogP contribution < -0.4 is 10.6 Å². The minimum atomic E-state index is 0.919. The van der Waals surface area contributed by atoms with E-state index in [-0.39, 0.29) is 0 Å². The Labute approximate surface area is 129 Å². The topological polar surface area (TPSA) is 53.1 Å². The lowest BCUT2D eigenvalue weighted by molar-refractivity contribution is 0.316. The van der Waals surface area contributed by atoms with E-state index in [1.807, 2.05) is 0 Å². The lowest BCUT2D eigenvalue weighted by Gasteiger charge is -2.19. The largest absolute Gasteiger partial charge is 0.370 e. The highest BCUT2D eigenvalue weighted by molar-refractivity contribution is 5.57. The predicted octanol–water partition coefficient (Wildman–Crippen LogP) is 3.00. The molecule has 5 heteroatoms. The van der Waals surface area contributed by atoms with Crippen molar-refractivity contribution in [3.63, 3.8) is 0 Å². The third-order valence-electron chi connectivity index (χ3n) is 3.60. The molecule has 0 saturated heterocycles. The second-order valence-corrected chi connectivity index (χ2v) is 5.18. The molecule has 0 aliphatic heterocycles. The number of hydrogen-bond acceptors (Lipinski definition) is 5. The van der Waals surface area contributed by atoms with Gasteiger partial charge in [-0.2, -0.15) is 0 Å². The predicted molar refractivity (Wildman–Crippen MR) is 91.1 cm³/mol. The van der Waals surface area contributed by atoms with Crippen LogP contribution in [-0.2, 0) is 6.42 Å². The number of anilines is 2. The maximum atomic E-state index is 4.43. The normalized spacial score (nSPS) is 10.9. The molecular weight excluding hydrogens is 262 g/mol. The lowest BCUT2D eigenvalue weighted by Crippen LogP contribution is -2.29. The Bertz CT molecular complexity index is 390. The second-order valence-electron chi connectivity index (χ2n) is 5.18. The van der Waals surface area contributed by atoms with Crippen molar-refractivity contribution in [1.82, 2.24) is 14.9 Å². The third kappa shape index (κ3) is 5.87. The van der Waals surface area contributed by atoms with Gasteiger partial charge in [-0.1, -0.05) is 34.1 Å². The van der Waals surface area contributed by atoms with Crippen molar-refractivity contribution < 1.29 is 0 Å². The summed E-state index contributed by atoms with van der Waals surface area (Å²) in [6.45, 7) is 13.8. The fraction of sp³-hybridized carbons (Fsp3) is 0.750. The Hall–Kier alpha value is -1.36. The Morgan fingerprint density at radius 2 is 1.52 bits per heavy atom. The van der Waals surface area contributed by atoms with Crippen molar-refractivity contribution in [2.75, 3.05) is 43.4 Å². The molecule has 21 heavy (non-hydrogen) atoms. The molecule has 0 fully saturated rings. The maximum Gasteiger partial charge on any atom is 0.134 e. The van der Waals surface area contributed by atoms with E-state index in [9.17, 15) is 0 Å². The molecule has 1 rings (SSSR count). The zero-order chi connectivity index (χ0) is 15.5. The number of aromatic nitrogens is 2. The first-order chi connectivity index (χ1) is 10.3. The molecule has 1 aromatic heterocycles. The molecule has 0 aliphatic rings. The third-order valence-corrected chi connectivity index (χ3v) is 3.60. The first kappa shape index (κ1) is 17.7. The quantitative estimate of drug-likeness (QED) is 0.657. The highest BCUT2D eigenvalue weighted by Gasteiger charge is 2.10. The molecule has 1 heterocycles. The zero-order valence-electron chi connectivity index (χ0n) is 14.1. The molecule has 5 nitrogen and oxygen atoms in total. The molecule has 0 unspecified atom stereocenters. The van der Waals surface area contributed by atoms with Gasteiger partial charge in [-0.25, -0.2) is 9.97 Å². The van der Waals surface area contributed by atoms with E-state index in [0.717, 1.165) is 63.6 Å². The molecule has 1 aromatic rings. The maximum absolute atomic E-state index is 4.43. The van der Waals surface area contributed by atoms with Gasteiger partial charge in [0.1, 0.15) is 18.0 Å². The summed E-state index contributed by atoms with van der Waals surface area (Å²) in [4.78, 5) is 11.2. The fourth-order valence-electron chi connectivity index (χ4n) is 2.32. The number of rotatable bonds is 11. The summed E-state index contributed by atoms with van der Waals surface area (Å²) in [5, 5.41) is 6.89. The van der Waals surface area contributed by atoms with Crippen LogP contribution in [0, 0.1) is 0 Å². The van der Waals surface area contributed by atoms with Crippen LogP contribution in [0.25, 0.3) is 0 Å². The first-order valence-electron chi connectivity index (χ1n) is 8.30. The summed E-state index contributed by atoms with van der Waals surface area (Å²) >= 11 is 0. The molecular formula is C16H31N5. The number of nitrogens with one attached hydrogen (secondary N) is 2. The highest BCUT2D eigenvalue weighted by atomic mass is 15.1. The van der Waals surface area contributed by atoms with Crippen LogP contribution >= 0.6 is 0 Å². The highest BCUT2D eigenvalue weighted by Crippen LogP contribution is 2.21. The molecule has 2 N–H and O–H groups in total. The van der Waals surface area contributed by atoms with E-state index in [1.54, 1.807) is 6.33 Å². The van der Waals surface area contributed by atoms with Crippen LogP contribution in [0.1, 0.15) is 46.1 Å². The van der Waals surface area contributed by atoms with E-state index >= 15 is 0 Å². The Kier molecular flexibility index (Phi) is 8.74. The molecule has 0 radical (unpaired) electrons. The average Bonchev–Trinajstić information content (AvgIpc) is 2.51. The van der Waals surface area contributed by atoms with Crippen LogP contribution in [0.5, 0.6) is 0 Å². The SMILES string of the molecule is CCCNc1ncnc(NCCN(CC)CC)c1CCC. The van der Waals surface area contributed by atoms with E-state index in [0.29, 0.717) is 0 Å². The van der Waals surface area contributed by atoms with Gasteiger partial charge in [0.15, 0.2) is 0 Å². The molecule has 0 aromatic carbocycles. The zero-order valence-corrected chi connectivity index (χ0v) is 14.1. The van der Waals surface area contributed by atoms with Crippen LogP contribution in [-0.4, -0.2) is 47.6 Å². The van der Waals surface area contributed by atoms with E-state index < -0.39 is 0 Å². The van der Waals surface area contributed by atoms with Gasteiger partial charge in [0, 0.05) is 25.2 Å². The minimum Gasteiger partial charge on any atom is -0.370 e. The number of nitrogens with zero attached hydrogens (tertiary/aromatic N) is 3. The summed E-state index contributed by atoms with van der Waals surface area (Å²) in [7, 11) is 0. The summed E-state index contributed by atoms with van der Waals surface area (Å²) in [5.74, 6) is 1.97. The van der Waals surface area contributed by atoms with Crippen molar-refractivity contribution in [2.24, 2.45) is 0 Å². The molecule has 120 valence electrons. The monoisotopic (exact) mass is 293 g/mol. The number of hydrogen-bond donors (Lipinski definition) is 2. The lowest BCUT2D eigenvalue weighted by atomic mass is 10.1. The van der Waals surface area contributed by atoms with Gasteiger partial charge in [-0.3, -0.25) is 0 Å². The van der Waals surface area contributed by atoms with Gasteiger partial charge in [0.2, 0.25) is 0 Å². The van der Waals surface area contributed by atoms with Gasteiger partial charge < -0.3 is 15.5 Å². The van der Waals surface area contributed by atoms with Gasteiger partial charge in [0.25, 0.3) is 0 Å². The Morgan fingerprint density at radius 3 is 2.05 bits per heavy atom. The van der Waals surface area contributed by atoms with Crippen molar-refractivity contribution in [2.45, 2.75) is 47.0 Å². The summed E-state index contributed by atoms with van der Waals surface area (Å²) in [6, 6.07) is 0. The minimum absolute atomic E-state index is 0.919. The van der Waals surface area contributed by atoms with Crippen molar-refractivity contribution >= 4 is 11.6 Å². The summed E-state index contributed by atoms with van der Waals surface area (Å²) in [6.07, 6.45) is 4.84. The van der Waals surface area contributed by atoms with Gasteiger partial charge in [-0.05, 0) is 25.9 Å². The summed E-state index contributed by atoms with van der Waals surface area (Å²) < 4.78 is 0. The van der Waals surface area contributed by atoms with Gasteiger partial charge in [-0.15, -0.1) is 0 Å². The standard InChI is InChI=1S/C16H31N5/c1-5-9-14-15(17-10-6-2)19-13-20-16(14)18-11-12-21(7-3)8-4/h13H,5-12H2,1-4H3,(H2,17,18,19,20). The first-order valence-corrected chi connectivity index (χ1v) is 8.30. The van der Waals surface area contributed by atoms with Crippen LogP contribution in [0.4, 0.5) is 11.6 Å². The molecule has 0 atom stereocenters. The van der Waals surface area contributed by atoms with Crippen LogP contribution in [0.2, 0.25) is 0 Å². The average molecular weight is 293 g/mol. The Morgan fingerprint density at radius 1 is 0.905 bits per heavy atom. The number of likely N-dealkylation sites (N-methyl/N-ethyl adjacent to an activating group) is 1. The van der Waals surface area contributed by atoms with Crippen molar-refractivity contribution in [3.8, 4) is 0 Å². The van der Waals surface area contributed by atoms with E-state index in [2.05, 4.69) is 53.2 Å². The van der Waals surface area contributed by atoms with Crippen LogP contribution in [0.15, 0.2) is 6.33 Å². The Balaban J connectivity index is 2.70. The van der Waals surface area contributed by atoms with Gasteiger partial charge in [0.05, 0.1) is 0 Å². The molecule has 0 saturated carbocycles. The van der Waals surface area contributed by atoms with Crippen LogP contribution in [0.3, 0.4) is 0 Å². The van der Waals surface area contributed by atoms with Crippen molar-refractivity contribution in [3.05, 3.63) is 11.9 Å². The van der Waals surface area contributed by atoms with Crippen molar-refractivity contribution in [1.29, 1.82) is 0 Å². The van der Waals surface area contributed by atoms with E-state index in [4.69, 9.17) is 0 Å². The molecule has 0 amide bonds. The van der Waals surface area contributed by atoms with E-state index in [1.165, 1.54) is 5.56 Å². The van der Waals surface area contributed by atoms with Gasteiger partial charge >= 0.3 is 0 Å². The molecule has 0 bridgehead atoms. The fourth-order valence-corrected chi connectivity index (χ4v) is 2.32. The molecule has 0 spiro atoms. The molecule has 0 aliphatic carbocycles. The second kappa shape index (κ2) is 10.4.